The van der Waals surface area contributed by atoms with Crippen LogP contribution in [0.5, 0.6) is 0 Å². The van der Waals surface area contributed by atoms with Gasteiger partial charge in [-0.1, -0.05) is 167 Å². The van der Waals surface area contributed by atoms with E-state index in [1.54, 1.807) is 0 Å². The fourth-order valence-electron chi connectivity index (χ4n) is 9.53. The number of hydrogen-bond acceptors (Lipinski definition) is 1. The zero-order valence-electron chi connectivity index (χ0n) is 32.8. The van der Waals surface area contributed by atoms with E-state index in [4.69, 9.17) is 4.98 Å². The molecule has 270 valence electrons. The highest BCUT2D eigenvalue weighted by Gasteiger charge is 2.42. The van der Waals surface area contributed by atoms with Gasteiger partial charge in [-0.05, 0) is 119 Å². The van der Waals surface area contributed by atoms with Gasteiger partial charge in [-0.3, -0.25) is 0 Å². The summed E-state index contributed by atoms with van der Waals surface area (Å²) < 4.78 is 0. The van der Waals surface area contributed by atoms with E-state index >= 15 is 0 Å². The molecule has 0 saturated carbocycles. The van der Waals surface area contributed by atoms with Crippen LogP contribution >= 0.6 is 0 Å². The maximum Gasteiger partial charge on any atom is 0.0793 e. The first kappa shape index (κ1) is 35.7. The molecule has 0 bridgehead atoms. The van der Waals surface area contributed by atoms with Gasteiger partial charge in [0.25, 0.3) is 0 Å². The van der Waals surface area contributed by atoms with Crippen LogP contribution in [0.1, 0.15) is 93.0 Å². The standard InChI is InChI=1S/C53H53N/c1-6-8-18-28-53(29-19-9-7-2)48-25-17-16-24-43(48)44-27-26-41(34-49(44)53)50-35-46-45(40-22-14-11-15-23-40)32-42(39-20-12-10-13-21-39)33-47(46)52(54-50)51-37(4)30-36(3)31-38(51)5/h10-17,20-27,30-35H,6-9,18-19,28-29H2,1-5H3. The first-order chi connectivity index (χ1) is 26.4. The molecule has 0 atom stereocenters. The minimum absolute atomic E-state index is 0.0237. The van der Waals surface area contributed by atoms with Crippen LogP contribution < -0.4 is 0 Å². The lowest BCUT2D eigenvalue weighted by molar-refractivity contribution is 0.405. The van der Waals surface area contributed by atoms with Crippen molar-refractivity contribution in [3.05, 3.63) is 161 Å². The van der Waals surface area contributed by atoms with Crippen LogP contribution in [0.15, 0.2) is 133 Å². The number of benzene rings is 6. The molecule has 0 unspecified atom stereocenters. The predicted molar refractivity (Wildman–Crippen MR) is 232 cm³/mol. The van der Waals surface area contributed by atoms with E-state index in [0.29, 0.717) is 0 Å². The molecule has 0 spiro atoms. The number of hydrogen-bond donors (Lipinski definition) is 0. The van der Waals surface area contributed by atoms with Crippen LogP contribution in [0.4, 0.5) is 0 Å². The van der Waals surface area contributed by atoms with Gasteiger partial charge in [0.2, 0.25) is 0 Å². The average Bonchev–Trinajstić information content (AvgIpc) is 3.46. The summed E-state index contributed by atoms with van der Waals surface area (Å²) in [5, 5.41) is 2.43. The van der Waals surface area contributed by atoms with Gasteiger partial charge in [0.15, 0.2) is 0 Å². The van der Waals surface area contributed by atoms with E-state index in [0.717, 1.165) is 11.4 Å². The largest absolute Gasteiger partial charge is 0.247 e. The van der Waals surface area contributed by atoms with Crippen molar-refractivity contribution in [3.63, 3.8) is 0 Å². The molecule has 54 heavy (non-hydrogen) atoms. The smallest absolute Gasteiger partial charge is 0.0793 e. The monoisotopic (exact) mass is 703 g/mol. The minimum Gasteiger partial charge on any atom is -0.247 e. The molecule has 0 fully saturated rings. The Morgan fingerprint density at radius 1 is 0.463 bits per heavy atom. The average molecular weight is 704 g/mol. The van der Waals surface area contributed by atoms with E-state index < -0.39 is 0 Å². The van der Waals surface area contributed by atoms with Crippen molar-refractivity contribution >= 4 is 10.8 Å². The zero-order chi connectivity index (χ0) is 37.2. The van der Waals surface area contributed by atoms with Crippen LogP contribution in [0.2, 0.25) is 0 Å². The lowest BCUT2D eigenvalue weighted by Gasteiger charge is -2.33. The van der Waals surface area contributed by atoms with E-state index in [2.05, 4.69) is 168 Å². The van der Waals surface area contributed by atoms with Crippen LogP contribution in [0.25, 0.3) is 66.7 Å². The third kappa shape index (κ3) is 6.49. The quantitative estimate of drug-likeness (QED) is 0.115. The Bertz CT molecular complexity index is 2400. The summed E-state index contributed by atoms with van der Waals surface area (Å²) in [6.45, 7) is 11.4. The number of nitrogens with zero attached hydrogens (tertiary/aromatic N) is 1. The molecule has 1 nitrogen and oxygen atoms in total. The highest BCUT2D eigenvalue weighted by molar-refractivity contribution is 6.08. The highest BCUT2D eigenvalue weighted by atomic mass is 14.7. The molecule has 0 N–H and O–H groups in total. The Morgan fingerprint density at radius 3 is 1.74 bits per heavy atom. The van der Waals surface area contributed by atoms with Gasteiger partial charge in [-0.25, -0.2) is 4.98 Å². The van der Waals surface area contributed by atoms with E-state index in [1.165, 1.54) is 134 Å². The predicted octanol–water partition coefficient (Wildman–Crippen LogP) is 15.3. The lowest BCUT2D eigenvalue weighted by atomic mass is 9.70. The van der Waals surface area contributed by atoms with Gasteiger partial charge in [-0.2, -0.15) is 0 Å². The summed E-state index contributed by atoms with van der Waals surface area (Å²) in [6.07, 6.45) is 9.88. The second-order valence-corrected chi connectivity index (χ2v) is 15.8. The number of pyridine rings is 1. The minimum atomic E-state index is 0.0237. The van der Waals surface area contributed by atoms with Crippen molar-refractivity contribution in [1.29, 1.82) is 0 Å². The van der Waals surface area contributed by atoms with Gasteiger partial charge in [0, 0.05) is 21.9 Å². The lowest BCUT2D eigenvalue weighted by Crippen LogP contribution is -2.25. The Hall–Kier alpha value is -5.27. The van der Waals surface area contributed by atoms with Crippen molar-refractivity contribution in [2.24, 2.45) is 0 Å². The van der Waals surface area contributed by atoms with Gasteiger partial charge < -0.3 is 0 Å². The molecule has 1 aromatic heterocycles. The Morgan fingerprint density at radius 2 is 1.07 bits per heavy atom. The van der Waals surface area contributed by atoms with Crippen molar-refractivity contribution in [1.82, 2.24) is 4.98 Å². The second kappa shape index (κ2) is 15.2. The molecule has 1 heteroatoms. The van der Waals surface area contributed by atoms with Crippen LogP contribution in [-0.2, 0) is 5.41 Å². The van der Waals surface area contributed by atoms with Gasteiger partial charge in [-0.15, -0.1) is 0 Å². The van der Waals surface area contributed by atoms with Crippen molar-refractivity contribution in [3.8, 4) is 55.9 Å². The Kier molecular flexibility index (Phi) is 10.1. The summed E-state index contributed by atoms with van der Waals surface area (Å²) in [5.74, 6) is 0. The molecular weight excluding hydrogens is 651 g/mol. The normalized spacial score (nSPS) is 12.9. The number of fused-ring (bicyclic) bond motifs is 4. The van der Waals surface area contributed by atoms with Crippen LogP contribution in [0, 0.1) is 20.8 Å². The van der Waals surface area contributed by atoms with Crippen LogP contribution in [0.3, 0.4) is 0 Å². The summed E-state index contributed by atoms with van der Waals surface area (Å²) in [4.78, 5) is 5.74. The Balaban J connectivity index is 1.41. The highest BCUT2D eigenvalue weighted by Crippen LogP contribution is 2.55. The summed E-state index contributed by atoms with van der Waals surface area (Å²) in [5.41, 5.74) is 19.1. The third-order valence-corrected chi connectivity index (χ3v) is 12.0. The van der Waals surface area contributed by atoms with Crippen LogP contribution in [-0.4, -0.2) is 4.98 Å². The van der Waals surface area contributed by atoms with Gasteiger partial charge in [0.1, 0.15) is 0 Å². The number of unbranched alkanes of at least 4 members (excludes halogenated alkanes) is 4. The number of rotatable bonds is 12. The molecule has 6 aromatic carbocycles. The molecule has 1 aliphatic rings. The maximum atomic E-state index is 5.74. The molecule has 0 aliphatic heterocycles. The van der Waals surface area contributed by atoms with E-state index in [-0.39, 0.29) is 5.41 Å². The maximum absolute atomic E-state index is 5.74. The number of aromatic nitrogens is 1. The summed E-state index contributed by atoms with van der Waals surface area (Å²) >= 11 is 0. The molecule has 1 heterocycles. The SMILES string of the molecule is CCCCCC1(CCCCC)c2ccccc2-c2ccc(-c3cc4c(-c5ccccc5)cc(-c5ccccc5)cc4c(-c4c(C)cc(C)cc4C)n3)cc21. The molecule has 0 radical (unpaired) electrons. The first-order valence-corrected chi connectivity index (χ1v) is 20.3. The zero-order valence-corrected chi connectivity index (χ0v) is 32.8. The Labute approximate surface area is 323 Å². The number of aryl methyl sites for hydroxylation is 3. The molecule has 0 amide bonds. The first-order valence-electron chi connectivity index (χ1n) is 20.3. The van der Waals surface area contributed by atoms with Crippen molar-refractivity contribution in [2.45, 2.75) is 91.4 Å². The summed E-state index contributed by atoms with van der Waals surface area (Å²) in [6, 6.07) is 50.1. The third-order valence-electron chi connectivity index (χ3n) is 12.0. The van der Waals surface area contributed by atoms with Gasteiger partial charge in [0.05, 0.1) is 11.4 Å². The van der Waals surface area contributed by atoms with Crippen molar-refractivity contribution < 1.29 is 0 Å². The van der Waals surface area contributed by atoms with Gasteiger partial charge >= 0.3 is 0 Å². The fourth-order valence-corrected chi connectivity index (χ4v) is 9.53. The van der Waals surface area contributed by atoms with E-state index in [9.17, 15) is 0 Å². The molecular formula is C53H53N. The molecule has 8 rings (SSSR count). The second-order valence-electron chi connectivity index (χ2n) is 15.8. The molecule has 0 saturated heterocycles. The fraction of sp³-hybridized carbons (Fsp3) is 0.264. The van der Waals surface area contributed by atoms with Crippen molar-refractivity contribution in [2.75, 3.05) is 0 Å². The summed E-state index contributed by atoms with van der Waals surface area (Å²) in [7, 11) is 0. The molecule has 1 aliphatic carbocycles. The van der Waals surface area contributed by atoms with E-state index in [1.807, 2.05) is 0 Å². The topological polar surface area (TPSA) is 12.9 Å². The molecule has 7 aromatic rings.